The maximum Gasteiger partial charge on any atom is 0.325 e. The molecule has 2 atom stereocenters. The van der Waals surface area contributed by atoms with Crippen LogP contribution in [-0.4, -0.2) is 40.9 Å². The Morgan fingerprint density at radius 3 is 2.46 bits per heavy atom. The van der Waals surface area contributed by atoms with Crippen molar-refractivity contribution in [3.63, 3.8) is 0 Å². The van der Waals surface area contributed by atoms with Gasteiger partial charge >= 0.3 is 6.03 Å². The summed E-state index contributed by atoms with van der Waals surface area (Å²) in [5.74, 6) is -0.306. The van der Waals surface area contributed by atoms with Gasteiger partial charge in [0, 0.05) is 6.04 Å². The summed E-state index contributed by atoms with van der Waals surface area (Å²) < 4.78 is 0. The predicted molar refractivity (Wildman–Crippen MR) is 90.2 cm³/mol. The first-order valence-electron chi connectivity index (χ1n) is 9.46. The molecule has 3 aliphatic rings. The fourth-order valence-electron chi connectivity index (χ4n) is 4.48. The third-order valence-corrected chi connectivity index (χ3v) is 6.02. The highest BCUT2D eigenvalue weighted by atomic mass is 16.2. The number of nitrogens with zero attached hydrogens (tertiary/aromatic N) is 1. The maximum atomic E-state index is 12.8. The van der Waals surface area contributed by atoms with Crippen LogP contribution in [-0.2, 0) is 9.59 Å². The zero-order valence-electron chi connectivity index (χ0n) is 14.6. The van der Waals surface area contributed by atoms with Gasteiger partial charge in [-0.05, 0) is 31.6 Å². The molecule has 4 amide bonds. The molecule has 2 saturated carbocycles. The van der Waals surface area contributed by atoms with Crippen molar-refractivity contribution in [1.29, 1.82) is 0 Å². The largest absolute Gasteiger partial charge is 0.352 e. The molecule has 1 saturated heterocycles. The molecule has 0 bridgehead atoms. The molecule has 1 aliphatic heterocycles. The van der Waals surface area contributed by atoms with Gasteiger partial charge in [-0.15, -0.1) is 0 Å². The monoisotopic (exact) mass is 335 g/mol. The number of carbonyl (C=O) groups excluding carboxylic acids is 3. The van der Waals surface area contributed by atoms with E-state index >= 15 is 0 Å². The molecule has 24 heavy (non-hydrogen) atoms. The van der Waals surface area contributed by atoms with Crippen LogP contribution < -0.4 is 10.6 Å². The molecule has 2 aliphatic carbocycles. The average molecular weight is 335 g/mol. The number of hydrogen-bond donors (Lipinski definition) is 2. The minimum Gasteiger partial charge on any atom is -0.352 e. The Morgan fingerprint density at radius 1 is 1.12 bits per heavy atom. The maximum absolute atomic E-state index is 12.8. The van der Waals surface area contributed by atoms with Crippen molar-refractivity contribution in [2.24, 2.45) is 5.92 Å². The van der Waals surface area contributed by atoms with Gasteiger partial charge in [0.25, 0.3) is 5.91 Å². The molecule has 134 valence electrons. The summed E-state index contributed by atoms with van der Waals surface area (Å²) in [6, 6.07) is -0.229. The summed E-state index contributed by atoms with van der Waals surface area (Å²) in [4.78, 5) is 38.6. The second kappa shape index (κ2) is 7.11. The number of hydrogen-bond acceptors (Lipinski definition) is 3. The van der Waals surface area contributed by atoms with E-state index in [4.69, 9.17) is 0 Å². The Morgan fingerprint density at radius 2 is 1.79 bits per heavy atom. The van der Waals surface area contributed by atoms with Gasteiger partial charge in [0.15, 0.2) is 0 Å². The third-order valence-electron chi connectivity index (χ3n) is 6.02. The average Bonchev–Trinajstić information content (AvgIpc) is 2.75. The molecular formula is C18H29N3O3. The number of nitrogens with one attached hydrogen (secondary N) is 2. The number of urea groups is 1. The lowest BCUT2D eigenvalue weighted by Crippen LogP contribution is -2.54. The summed E-state index contributed by atoms with van der Waals surface area (Å²) in [6.45, 7) is 1.86. The van der Waals surface area contributed by atoms with Crippen molar-refractivity contribution in [1.82, 2.24) is 15.5 Å². The molecule has 6 heteroatoms. The van der Waals surface area contributed by atoms with E-state index in [0.717, 1.165) is 49.8 Å². The Bertz CT molecular complexity index is 514. The second-order valence-electron chi connectivity index (χ2n) is 7.70. The van der Waals surface area contributed by atoms with E-state index in [2.05, 4.69) is 10.6 Å². The van der Waals surface area contributed by atoms with Crippen LogP contribution in [0.5, 0.6) is 0 Å². The first kappa shape index (κ1) is 17.2. The molecule has 0 aromatic carbocycles. The van der Waals surface area contributed by atoms with Crippen molar-refractivity contribution in [2.75, 3.05) is 6.54 Å². The fraction of sp³-hybridized carbons (Fsp3) is 0.833. The number of amides is 4. The lowest BCUT2D eigenvalue weighted by molar-refractivity contribution is -0.137. The molecular weight excluding hydrogens is 306 g/mol. The van der Waals surface area contributed by atoms with E-state index in [-0.39, 0.29) is 30.3 Å². The Balaban J connectivity index is 1.61. The van der Waals surface area contributed by atoms with Gasteiger partial charge in [0.2, 0.25) is 5.91 Å². The van der Waals surface area contributed by atoms with Crippen molar-refractivity contribution in [3.8, 4) is 0 Å². The van der Waals surface area contributed by atoms with Gasteiger partial charge in [-0.3, -0.25) is 14.5 Å². The van der Waals surface area contributed by atoms with Gasteiger partial charge in [0.05, 0.1) is 0 Å². The van der Waals surface area contributed by atoms with Gasteiger partial charge in [-0.25, -0.2) is 4.79 Å². The van der Waals surface area contributed by atoms with Gasteiger partial charge < -0.3 is 10.6 Å². The lowest BCUT2D eigenvalue weighted by atomic mass is 9.73. The number of imide groups is 1. The second-order valence-corrected chi connectivity index (χ2v) is 7.70. The minimum atomic E-state index is -0.780. The molecule has 3 fully saturated rings. The minimum absolute atomic E-state index is 0.123. The quantitative estimate of drug-likeness (QED) is 0.614. The van der Waals surface area contributed by atoms with Crippen LogP contribution in [0.4, 0.5) is 4.79 Å². The van der Waals surface area contributed by atoms with Crippen LogP contribution in [0.1, 0.15) is 71.1 Å². The summed E-state index contributed by atoms with van der Waals surface area (Å²) in [7, 11) is 0. The molecule has 2 N–H and O–H groups in total. The molecule has 1 spiro atoms. The van der Waals surface area contributed by atoms with Crippen LogP contribution in [0.15, 0.2) is 0 Å². The molecule has 3 rings (SSSR count). The van der Waals surface area contributed by atoms with Crippen LogP contribution in [0, 0.1) is 5.92 Å². The van der Waals surface area contributed by atoms with Crippen molar-refractivity contribution < 1.29 is 14.4 Å². The van der Waals surface area contributed by atoms with E-state index in [1.807, 2.05) is 6.92 Å². The van der Waals surface area contributed by atoms with E-state index in [0.29, 0.717) is 6.42 Å². The van der Waals surface area contributed by atoms with Crippen molar-refractivity contribution >= 4 is 17.8 Å². The van der Waals surface area contributed by atoms with Gasteiger partial charge in [-0.2, -0.15) is 0 Å². The highest BCUT2D eigenvalue weighted by Crippen LogP contribution is 2.38. The molecule has 0 aromatic rings. The molecule has 0 aromatic heterocycles. The SMILES string of the molecule is C[C@@H]1CCCC[C@@]12NC(=O)N(CC(=O)NC1CCCCCC1)C2=O. The normalized spacial score (nSPS) is 31.9. The van der Waals surface area contributed by atoms with Gasteiger partial charge in [0.1, 0.15) is 12.1 Å². The standard InChI is InChI=1S/C18H29N3O3/c1-13-8-6-7-11-18(13)16(23)21(17(24)20-18)12-15(22)19-14-9-4-2-3-5-10-14/h13-14H,2-12H2,1H3,(H,19,22)(H,20,24)/t13-,18-/m1/s1. The predicted octanol–water partition coefficient (Wildman–Crippen LogP) is 2.33. The summed E-state index contributed by atoms with van der Waals surface area (Å²) >= 11 is 0. The van der Waals surface area contributed by atoms with E-state index < -0.39 is 11.6 Å². The Kier molecular flexibility index (Phi) is 5.11. The number of carbonyl (C=O) groups is 3. The van der Waals surface area contributed by atoms with Crippen LogP contribution in [0.25, 0.3) is 0 Å². The van der Waals surface area contributed by atoms with Crippen LogP contribution in [0.3, 0.4) is 0 Å². The Labute approximate surface area is 143 Å². The third kappa shape index (κ3) is 3.28. The van der Waals surface area contributed by atoms with Crippen LogP contribution in [0.2, 0.25) is 0 Å². The van der Waals surface area contributed by atoms with E-state index in [1.54, 1.807) is 0 Å². The number of rotatable bonds is 3. The van der Waals surface area contributed by atoms with Crippen LogP contribution >= 0.6 is 0 Å². The topological polar surface area (TPSA) is 78.5 Å². The van der Waals surface area contributed by atoms with E-state index in [1.165, 1.54) is 12.8 Å². The smallest absolute Gasteiger partial charge is 0.325 e. The van der Waals surface area contributed by atoms with Gasteiger partial charge in [-0.1, -0.05) is 45.4 Å². The fourth-order valence-corrected chi connectivity index (χ4v) is 4.48. The molecule has 0 radical (unpaired) electrons. The summed E-state index contributed by atoms with van der Waals surface area (Å²) in [5, 5.41) is 5.91. The first-order valence-corrected chi connectivity index (χ1v) is 9.46. The first-order chi connectivity index (χ1) is 11.5. The summed E-state index contributed by atoms with van der Waals surface area (Å²) in [6.07, 6.45) is 10.4. The Hall–Kier alpha value is -1.59. The zero-order valence-corrected chi connectivity index (χ0v) is 14.6. The summed E-state index contributed by atoms with van der Waals surface area (Å²) in [5.41, 5.74) is -0.780. The molecule has 0 unspecified atom stereocenters. The highest BCUT2D eigenvalue weighted by Gasteiger charge is 2.55. The molecule has 6 nitrogen and oxygen atoms in total. The molecule has 1 heterocycles. The van der Waals surface area contributed by atoms with Crippen molar-refractivity contribution in [2.45, 2.75) is 82.7 Å². The van der Waals surface area contributed by atoms with E-state index in [9.17, 15) is 14.4 Å². The highest BCUT2D eigenvalue weighted by molar-refractivity contribution is 6.09. The van der Waals surface area contributed by atoms with Crippen molar-refractivity contribution in [3.05, 3.63) is 0 Å². The zero-order chi connectivity index (χ0) is 17.2. The lowest BCUT2D eigenvalue weighted by Gasteiger charge is -2.36.